The minimum Gasteiger partial charge on any atom is -0.595 e. The highest BCUT2D eigenvalue weighted by Crippen LogP contribution is 2.32. The van der Waals surface area contributed by atoms with Gasteiger partial charge < -0.3 is 26.5 Å². The third kappa shape index (κ3) is 5.96. The van der Waals surface area contributed by atoms with Crippen LogP contribution in [0.25, 0.3) is 11.3 Å². The quantitative estimate of drug-likeness (QED) is 0.230. The number of likely N-dealkylation sites (N-methyl/N-ethyl adjacent to an activating group) is 1. The number of nitrogens with one attached hydrogen (secondary N) is 3. The number of amides is 1. The summed E-state index contributed by atoms with van der Waals surface area (Å²) in [5.74, 6) is 1.10. The summed E-state index contributed by atoms with van der Waals surface area (Å²) in [5, 5.41) is 26.0. The Morgan fingerprint density at radius 1 is 1.11 bits per heavy atom. The lowest BCUT2D eigenvalue weighted by molar-refractivity contribution is -0.990. The molecule has 3 heterocycles. The minimum atomic E-state index is -1.12. The van der Waals surface area contributed by atoms with Crippen LogP contribution in [0.5, 0.6) is 0 Å². The summed E-state index contributed by atoms with van der Waals surface area (Å²) in [5.41, 5.74) is 7.89. The second-order valence-corrected chi connectivity index (χ2v) is 8.58. The molecule has 1 saturated heterocycles. The lowest BCUT2D eigenvalue weighted by Crippen LogP contribution is -2.99. The van der Waals surface area contributed by atoms with E-state index in [1.54, 1.807) is 17.0 Å². The molecular weight excluding hydrogens is 472 g/mol. The van der Waals surface area contributed by atoms with Crippen LogP contribution in [0.2, 0.25) is 5.02 Å². The lowest BCUT2D eigenvalue weighted by atomic mass is 10.1. The van der Waals surface area contributed by atoms with Crippen LogP contribution >= 0.6 is 11.6 Å². The summed E-state index contributed by atoms with van der Waals surface area (Å²) in [6, 6.07) is 14.1. The fraction of sp³-hybridized carbons (Fsp3) is 0.261. The molecule has 2 aromatic heterocycles. The molecule has 1 aromatic carbocycles. The number of nitrogens with two attached hydrogens (primary N) is 1. The Labute approximate surface area is 207 Å². The third-order valence-corrected chi connectivity index (χ3v) is 5.80. The number of benzene rings is 1. The molecule has 4 rings (SSSR count). The molecule has 1 atom stereocenters. The standard InChI is InChI=1S/C23H27ClN8O3/c1-30-11-12-31(21(33)14-30)17-5-7-19(28-22(17)15-3-2-4-16(24)13-15)26-9-10-27-20-8-6-18(32(34)35)23(25)29-20/h2-8,13,32,34H,9-12,14H2,1H3,(H,26,28)(H3,25,27,29). The summed E-state index contributed by atoms with van der Waals surface area (Å²) >= 11 is 6.23. The van der Waals surface area contributed by atoms with Gasteiger partial charge in [-0.1, -0.05) is 23.7 Å². The van der Waals surface area contributed by atoms with E-state index in [0.29, 0.717) is 48.5 Å². The highest BCUT2D eigenvalue weighted by Gasteiger charge is 2.26. The maximum atomic E-state index is 12.7. The normalized spacial score (nSPS) is 15.2. The van der Waals surface area contributed by atoms with Crippen LogP contribution in [0, 0.1) is 5.21 Å². The van der Waals surface area contributed by atoms with Crippen LogP contribution in [0.4, 0.5) is 28.8 Å². The smallest absolute Gasteiger partial charge is 0.241 e. The number of nitrogens with zero attached hydrogens (tertiary/aromatic N) is 4. The number of piperazine rings is 1. The lowest BCUT2D eigenvalue weighted by Gasteiger charge is -2.33. The number of pyridine rings is 2. The summed E-state index contributed by atoms with van der Waals surface area (Å²) in [6.07, 6.45) is 0. The van der Waals surface area contributed by atoms with Crippen molar-refractivity contribution >= 4 is 46.3 Å². The van der Waals surface area contributed by atoms with Crippen molar-refractivity contribution in [3.8, 4) is 11.3 Å². The first-order chi connectivity index (χ1) is 16.8. The number of aromatic nitrogens is 2. The van der Waals surface area contributed by atoms with E-state index < -0.39 is 5.23 Å². The molecule has 0 aliphatic carbocycles. The first-order valence-electron chi connectivity index (χ1n) is 11.1. The molecule has 6 N–H and O–H groups in total. The Kier molecular flexibility index (Phi) is 7.63. The van der Waals surface area contributed by atoms with Crippen LogP contribution in [0.1, 0.15) is 0 Å². The Morgan fingerprint density at radius 3 is 2.49 bits per heavy atom. The number of anilines is 4. The molecule has 1 fully saturated rings. The van der Waals surface area contributed by atoms with Crippen molar-refractivity contribution in [3.63, 3.8) is 0 Å². The largest absolute Gasteiger partial charge is 0.595 e. The maximum absolute atomic E-state index is 12.7. The molecule has 12 heteroatoms. The molecule has 0 radical (unpaired) electrons. The Bertz CT molecular complexity index is 1210. The monoisotopic (exact) mass is 498 g/mol. The minimum absolute atomic E-state index is 0.0226. The predicted octanol–water partition coefficient (Wildman–Crippen LogP) is 1.59. The second kappa shape index (κ2) is 10.8. The van der Waals surface area contributed by atoms with Crippen molar-refractivity contribution in [1.82, 2.24) is 14.9 Å². The number of hydrogen-bond acceptors (Lipinski definition) is 9. The molecule has 1 unspecified atom stereocenters. The summed E-state index contributed by atoms with van der Waals surface area (Å²) in [4.78, 5) is 25.4. The number of hydrogen-bond donors (Lipinski definition) is 5. The Balaban J connectivity index is 1.48. The van der Waals surface area contributed by atoms with Gasteiger partial charge in [-0.2, -0.15) is 5.23 Å². The van der Waals surface area contributed by atoms with E-state index in [4.69, 9.17) is 27.5 Å². The summed E-state index contributed by atoms with van der Waals surface area (Å²) in [7, 11) is 1.93. The number of rotatable bonds is 8. The van der Waals surface area contributed by atoms with E-state index in [1.807, 2.05) is 42.3 Å². The van der Waals surface area contributed by atoms with Gasteiger partial charge in [0.25, 0.3) is 0 Å². The Hall–Kier alpha value is -3.48. The van der Waals surface area contributed by atoms with Gasteiger partial charge in [-0.15, -0.1) is 0 Å². The average Bonchev–Trinajstić information content (AvgIpc) is 2.82. The molecule has 184 valence electrons. The number of nitrogen functional groups attached to an aromatic ring is 1. The first kappa shape index (κ1) is 24.6. The molecule has 0 spiro atoms. The maximum Gasteiger partial charge on any atom is 0.241 e. The highest BCUT2D eigenvalue weighted by atomic mass is 35.5. The number of carbonyl (C=O) groups excluding carboxylic acids is 1. The fourth-order valence-electron chi connectivity index (χ4n) is 3.80. The van der Waals surface area contributed by atoms with E-state index >= 15 is 0 Å². The van der Waals surface area contributed by atoms with Crippen LogP contribution in [-0.4, -0.2) is 65.8 Å². The molecule has 1 aliphatic heterocycles. The SMILES string of the molecule is CN1CCN(c2ccc(NCCNc3ccc([NH+]([O-])O)c(N)n3)nc2-c2cccc(Cl)c2)C(=O)C1. The summed E-state index contributed by atoms with van der Waals surface area (Å²) in [6.45, 7) is 2.71. The zero-order chi connectivity index (χ0) is 24.9. The number of halogens is 1. The van der Waals surface area contributed by atoms with Gasteiger partial charge in [-0.3, -0.25) is 9.69 Å². The highest BCUT2D eigenvalue weighted by molar-refractivity contribution is 6.30. The number of quaternary nitrogens is 1. The van der Waals surface area contributed by atoms with Gasteiger partial charge in [-0.05, 0) is 37.4 Å². The van der Waals surface area contributed by atoms with Gasteiger partial charge in [0.2, 0.25) is 11.6 Å². The van der Waals surface area contributed by atoms with Crippen molar-refractivity contribution in [2.24, 2.45) is 0 Å². The molecule has 0 saturated carbocycles. The van der Waals surface area contributed by atoms with Crippen molar-refractivity contribution in [2.75, 3.05) is 61.0 Å². The molecule has 11 nitrogen and oxygen atoms in total. The van der Waals surface area contributed by atoms with Gasteiger partial charge in [0.15, 0.2) is 5.82 Å². The zero-order valence-corrected chi connectivity index (χ0v) is 19.9. The number of carbonyl (C=O) groups is 1. The van der Waals surface area contributed by atoms with Crippen LogP contribution in [0.15, 0.2) is 48.5 Å². The zero-order valence-electron chi connectivity index (χ0n) is 19.2. The van der Waals surface area contributed by atoms with Gasteiger partial charge in [0.05, 0.1) is 17.9 Å². The van der Waals surface area contributed by atoms with Gasteiger partial charge in [0, 0.05) is 42.8 Å². The first-order valence-corrected chi connectivity index (χ1v) is 11.4. The summed E-state index contributed by atoms with van der Waals surface area (Å²) < 4.78 is 0. The van der Waals surface area contributed by atoms with Crippen LogP contribution in [-0.2, 0) is 4.79 Å². The van der Waals surface area contributed by atoms with Crippen molar-refractivity contribution in [1.29, 1.82) is 0 Å². The third-order valence-electron chi connectivity index (χ3n) is 5.57. The molecule has 35 heavy (non-hydrogen) atoms. The van der Waals surface area contributed by atoms with E-state index in [2.05, 4.69) is 15.6 Å². The topological polar surface area (TPSA) is 147 Å². The predicted molar refractivity (Wildman–Crippen MR) is 136 cm³/mol. The van der Waals surface area contributed by atoms with Gasteiger partial charge in [-0.25, -0.2) is 15.2 Å². The second-order valence-electron chi connectivity index (χ2n) is 8.15. The molecule has 0 bridgehead atoms. The molecule has 1 amide bonds. The Morgan fingerprint density at radius 2 is 1.83 bits per heavy atom. The fourth-order valence-corrected chi connectivity index (χ4v) is 3.99. The van der Waals surface area contributed by atoms with Crippen LogP contribution in [0.3, 0.4) is 0 Å². The van der Waals surface area contributed by atoms with Gasteiger partial charge in [0.1, 0.15) is 11.6 Å². The van der Waals surface area contributed by atoms with Crippen molar-refractivity contribution in [2.45, 2.75) is 0 Å². The molecule has 3 aromatic rings. The van der Waals surface area contributed by atoms with Gasteiger partial charge >= 0.3 is 0 Å². The van der Waals surface area contributed by atoms with E-state index in [0.717, 1.165) is 17.8 Å². The van der Waals surface area contributed by atoms with E-state index in [-0.39, 0.29) is 17.4 Å². The van der Waals surface area contributed by atoms with E-state index in [9.17, 15) is 10.0 Å². The molecular formula is C23H27ClN8O3. The average molecular weight is 499 g/mol. The van der Waals surface area contributed by atoms with Crippen LogP contribution < -0.4 is 26.5 Å². The van der Waals surface area contributed by atoms with Crippen molar-refractivity contribution in [3.05, 3.63) is 58.8 Å². The van der Waals surface area contributed by atoms with Crippen molar-refractivity contribution < 1.29 is 15.2 Å². The molecule has 1 aliphatic rings. The van der Waals surface area contributed by atoms with E-state index in [1.165, 1.54) is 6.07 Å².